The molecule has 1 aromatic rings. The van der Waals surface area contributed by atoms with Crippen LogP contribution in [0.25, 0.3) is 0 Å². The molecule has 0 bridgehead atoms. The van der Waals surface area contributed by atoms with Crippen molar-refractivity contribution in [3.8, 4) is 0 Å². The number of rotatable bonds is 5. The van der Waals surface area contributed by atoms with E-state index in [-0.39, 0.29) is 18.1 Å². The first-order valence-electron chi connectivity index (χ1n) is 7.16. The summed E-state index contributed by atoms with van der Waals surface area (Å²) in [5, 5.41) is 11.0. The monoisotopic (exact) mass is 319 g/mol. The van der Waals surface area contributed by atoms with Crippen molar-refractivity contribution >= 4 is 17.4 Å². The van der Waals surface area contributed by atoms with Gasteiger partial charge < -0.3 is 9.47 Å². The summed E-state index contributed by atoms with van der Waals surface area (Å²) in [6.45, 7) is 4.82. The average Bonchev–Trinajstić information content (AvgIpc) is 2.85. The van der Waals surface area contributed by atoms with Crippen LogP contribution in [0.3, 0.4) is 0 Å². The number of hydrogen-bond donors (Lipinski definition) is 0. The molecule has 0 N–H and O–H groups in total. The fourth-order valence-electron chi connectivity index (χ4n) is 2.74. The number of allylic oxidation sites excluding steroid dienone is 1. The second kappa shape index (κ2) is 6.60. The van der Waals surface area contributed by atoms with Crippen molar-refractivity contribution in [1.82, 2.24) is 0 Å². The van der Waals surface area contributed by atoms with Crippen LogP contribution in [0, 0.1) is 10.1 Å². The van der Waals surface area contributed by atoms with Crippen molar-refractivity contribution in [2.24, 2.45) is 0 Å². The van der Waals surface area contributed by atoms with E-state index in [9.17, 15) is 19.7 Å². The van der Waals surface area contributed by atoms with Gasteiger partial charge in [0.05, 0.1) is 17.4 Å². The van der Waals surface area contributed by atoms with E-state index in [4.69, 9.17) is 9.47 Å². The van der Waals surface area contributed by atoms with E-state index in [2.05, 4.69) is 0 Å². The predicted octanol–water partition coefficient (Wildman–Crippen LogP) is 2.50. The number of non-ortho nitro benzene ring substituents is 1. The molecule has 0 aromatic heterocycles. The first-order chi connectivity index (χ1) is 10.9. The van der Waals surface area contributed by atoms with Crippen molar-refractivity contribution < 1.29 is 24.0 Å². The van der Waals surface area contributed by atoms with Gasteiger partial charge in [-0.3, -0.25) is 14.9 Å². The largest absolute Gasteiger partial charge is 0.482 e. The van der Waals surface area contributed by atoms with E-state index >= 15 is 0 Å². The van der Waals surface area contributed by atoms with Crippen LogP contribution >= 0.6 is 0 Å². The van der Waals surface area contributed by atoms with Gasteiger partial charge in [-0.05, 0) is 26.3 Å². The molecule has 0 aliphatic carbocycles. The topological polar surface area (TPSA) is 95.7 Å². The van der Waals surface area contributed by atoms with Crippen molar-refractivity contribution in [2.75, 3.05) is 6.61 Å². The summed E-state index contributed by atoms with van der Waals surface area (Å²) in [5.41, 5.74) is 0.695. The Kier molecular flexibility index (Phi) is 4.78. The highest BCUT2D eigenvalue weighted by molar-refractivity contribution is 5.97. The molecule has 0 amide bonds. The number of carbonyl (C=O) groups excluding carboxylic acids is 2. The van der Waals surface area contributed by atoms with Gasteiger partial charge in [-0.2, -0.15) is 0 Å². The number of nitrogens with zero attached hydrogens (tertiary/aromatic N) is 1. The normalized spacial score (nSPS) is 20.1. The van der Waals surface area contributed by atoms with Gasteiger partial charge in [-0.25, -0.2) is 4.79 Å². The van der Waals surface area contributed by atoms with Crippen LogP contribution in [0.15, 0.2) is 35.6 Å². The van der Waals surface area contributed by atoms with Gasteiger partial charge in [0.1, 0.15) is 5.76 Å². The number of esters is 1. The van der Waals surface area contributed by atoms with Gasteiger partial charge in [-0.1, -0.05) is 12.1 Å². The van der Waals surface area contributed by atoms with Crippen molar-refractivity contribution in [3.63, 3.8) is 0 Å². The highest BCUT2D eigenvalue weighted by Gasteiger charge is 2.43. The standard InChI is InChI=1S/C16H17NO6/c1-4-22-16(19)15-14(13(9(2)18)10(3)23-15)11-6-5-7-12(8-11)17(20)21/h5-8,14-15H,4H2,1-3H3/t14-,15-/m0/s1. The number of nitro benzene ring substituents is 1. The summed E-state index contributed by atoms with van der Waals surface area (Å²) in [7, 11) is 0. The molecule has 122 valence electrons. The summed E-state index contributed by atoms with van der Waals surface area (Å²) in [6, 6.07) is 5.85. The van der Waals surface area contributed by atoms with E-state index in [1.54, 1.807) is 19.9 Å². The molecule has 0 spiro atoms. The van der Waals surface area contributed by atoms with E-state index in [0.717, 1.165) is 0 Å². The second-order valence-electron chi connectivity index (χ2n) is 5.15. The van der Waals surface area contributed by atoms with Crippen molar-refractivity contribution in [3.05, 3.63) is 51.3 Å². The number of ketones is 1. The molecule has 0 fully saturated rings. The molecule has 1 heterocycles. The first kappa shape index (κ1) is 16.7. The minimum absolute atomic E-state index is 0.113. The minimum atomic E-state index is -1.02. The molecule has 1 aliphatic heterocycles. The Morgan fingerprint density at radius 2 is 2.09 bits per heavy atom. The number of carbonyl (C=O) groups is 2. The zero-order valence-corrected chi connectivity index (χ0v) is 13.1. The predicted molar refractivity (Wildman–Crippen MR) is 80.7 cm³/mol. The zero-order valence-electron chi connectivity index (χ0n) is 13.1. The second-order valence-corrected chi connectivity index (χ2v) is 5.15. The average molecular weight is 319 g/mol. The van der Waals surface area contributed by atoms with Gasteiger partial charge in [0, 0.05) is 17.7 Å². The Morgan fingerprint density at radius 3 is 2.65 bits per heavy atom. The molecule has 2 atom stereocenters. The summed E-state index contributed by atoms with van der Waals surface area (Å²) in [4.78, 5) is 34.5. The lowest BCUT2D eigenvalue weighted by atomic mass is 9.85. The maximum absolute atomic E-state index is 12.1. The maximum atomic E-state index is 12.1. The van der Waals surface area contributed by atoms with Crippen LogP contribution in [-0.4, -0.2) is 29.4 Å². The lowest BCUT2D eigenvalue weighted by Gasteiger charge is -2.19. The minimum Gasteiger partial charge on any atom is -0.482 e. The smallest absolute Gasteiger partial charge is 0.348 e. The lowest BCUT2D eigenvalue weighted by molar-refractivity contribution is -0.384. The number of ether oxygens (including phenoxy) is 2. The molecule has 0 unspecified atom stereocenters. The van der Waals surface area contributed by atoms with Crippen molar-refractivity contribution in [1.29, 1.82) is 0 Å². The maximum Gasteiger partial charge on any atom is 0.348 e. The Labute approximate surface area is 133 Å². The highest BCUT2D eigenvalue weighted by atomic mass is 16.6. The third kappa shape index (κ3) is 3.23. The van der Waals surface area contributed by atoms with Crippen LogP contribution in [0.4, 0.5) is 5.69 Å². The third-order valence-corrected chi connectivity index (χ3v) is 3.64. The van der Waals surface area contributed by atoms with Crippen LogP contribution in [0.2, 0.25) is 0 Å². The van der Waals surface area contributed by atoms with Crippen LogP contribution in [0.5, 0.6) is 0 Å². The number of Topliss-reactive ketones (excluding diaryl/α,β-unsaturated/α-hetero) is 1. The SMILES string of the molecule is CCOC(=O)[C@H]1OC(C)=C(C(C)=O)[C@@H]1c1cccc([N+](=O)[O-])c1. The van der Waals surface area contributed by atoms with E-state index in [0.29, 0.717) is 16.9 Å². The van der Waals surface area contributed by atoms with E-state index in [1.165, 1.54) is 25.1 Å². The molecule has 1 aromatic carbocycles. The van der Waals surface area contributed by atoms with Gasteiger partial charge in [0.2, 0.25) is 6.10 Å². The quantitative estimate of drug-likeness (QED) is 0.470. The van der Waals surface area contributed by atoms with E-state index < -0.39 is 22.9 Å². The van der Waals surface area contributed by atoms with Crippen molar-refractivity contribution in [2.45, 2.75) is 32.8 Å². The van der Waals surface area contributed by atoms with Gasteiger partial charge in [-0.15, -0.1) is 0 Å². The molecular formula is C16H17NO6. The summed E-state index contributed by atoms with van der Waals surface area (Å²) >= 11 is 0. The Morgan fingerprint density at radius 1 is 1.39 bits per heavy atom. The highest BCUT2D eigenvalue weighted by Crippen LogP contribution is 2.40. The summed E-state index contributed by atoms with van der Waals surface area (Å²) in [6.07, 6.45) is -1.02. The Balaban J connectivity index is 2.51. The Hall–Kier alpha value is -2.70. The fourth-order valence-corrected chi connectivity index (χ4v) is 2.74. The molecule has 0 radical (unpaired) electrons. The molecule has 1 aliphatic rings. The number of nitro groups is 1. The van der Waals surface area contributed by atoms with Crippen LogP contribution < -0.4 is 0 Å². The van der Waals surface area contributed by atoms with E-state index in [1.807, 2.05) is 0 Å². The van der Waals surface area contributed by atoms with Gasteiger partial charge in [0.25, 0.3) is 5.69 Å². The number of hydrogen-bond acceptors (Lipinski definition) is 6. The lowest BCUT2D eigenvalue weighted by Crippen LogP contribution is -2.30. The fraction of sp³-hybridized carbons (Fsp3) is 0.375. The molecule has 0 saturated carbocycles. The van der Waals surface area contributed by atoms with Crippen LogP contribution in [-0.2, 0) is 19.1 Å². The first-order valence-corrected chi connectivity index (χ1v) is 7.16. The third-order valence-electron chi connectivity index (χ3n) is 3.64. The molecule has 2 rings (SSSR count). The Bertz CT molecular complexity index is 694. The summed E-state index contributed by atoms with van der Waals surface area (Å²) in [5.74, 6) is -1.22. The zero-order chi connectivity index (χ0) is 17.1. The molecule has 7 heteroatoms. The van der Waals surface area contributed by atoms with Gasteiger partial charge >= 0.3 is 5.97 Å². The molecule has 0 saturated heterocycles. The van der Waals surface area contributed by atoms with Crippen LogP contribution in [0.1, 0.15) is 32.3 Å². The van der Waals surface area contributed by atoms with Gasteiger partial charge in [0.15, 0.2) is 5.78 Å². The summed E-state index contributed by atoms with van der Waals surface area (Å²) < 4.78 is 10.5. The number of benzene rings is 1. The molecular weight excluding hydrogens is 302 g/mol. The molecule has 23 heavy (non-hydrogen) atoms. The molecule has 7 nitrogen and oxygen atoms in total.